The van der Waals surface area contributed by atoms with Crippen LogP contribution in [0.3, 0.4) is 0 Å². The van der Waals surface area contributed by atoms with Crippen LogP contribution >= 0.6 is 0 Å². The minimum atomic E-state index is 0.324. The van der Waals surface area contributed by atoms with E-state index in [4.69, 9.17) is 5.73 Å². The Hall–Kier alpha value is -0.0800. The molecule has 0 fully saturated rings. The summed E-state index contributed by atoms with van der Waals surface area (Å²) in [7, 11) is 0. The second-order valence-corrected chi connectivity index (χ2v) is 5.26. The van der Waals surface area contributed by atoms with Crippen LogP contribution in [-0.4, -0.2) is 31.1 Å². The summed E-state index contributed by atoms with van der Waals surface area (Å²) in [4.78, 5) is 2.55. The molecular formula is C13H30N2. The van der Waals surface area contributed by atoms with E-state index in [0.29, 0.717) is 5.41 Å². The summed E-state index contributed by atoms with van der Waals surface area (Å²) in [5, 5.41) is 0. The van der Waals surface area contributed by atoms with Gasteiger partial charge in [-0.1, -0.05) is 34.1 Å². The average molecular weight is 214 g/mol. The Morgan fingerprint density at radius 3 is 2.13 bits per heavy atom. The number of hydrogen-bond acceptors (Lipinski definition) is 2. The largest absolute Gasteiger partial charge is 0.330 e. The third-order valence-corrected chi connectivity index (χ3v) is 3.16. The number of nitrogens with two attached hydrogens (primary N) is 1. The van der Waals surface area contributed by atoms with Crippen LogP contribution in [0.2, 0.25) is 0 Å². The van der Waals surface area contributed by atoms with Gasteiger partial charge in [0.25, 0.3) is 0 Å². The van der Waals surface area contributed by atoms with E-state index in [1.807, 2.05) is 0 Å². The van der Waals surface area contributed by atoms with Gasteiger partial charge in [0.05, 0.1) is 0 Å². The van der Waals surface area contributed by atoms with Crippen molar-refractivity contribution in [3.05, 3.63) is 0 Å². The van der Waals surface area contributed by atoms with Crippen molar-refractivity contribution in [2.24, 2.45) is 11.1 Å². The van der Waals surface area contributed by atoms with Crippen molar-refractivity contribution in [2.75, 3.05) is 26.2 Å². The van der Waals surface area contributed by atoms with Gasteiger partial charge in [0.1, 0.15) is 0 Å². The molecule has 0 atom stereocenters. The van der Waals surface area contributed by atoms with Gasteiger partial charge in [-0.25, -0.2) is 0 Å². The third-order valence-electron chi connectivity index (χ3n) is 3.16. The molecule has 0 unspecified atom stereocenters. The molecule has 0 saturated carbocycles. The molecule has 0 aromatic rings. The van der Waals surface area contributed by atoms with Crippen LogP contribution in [0.1, 0.15) is 53.4 Å². The van der Waals surface area contributed by atoms with Gasteiger partial charge < -0.3 is 10.6 Å². The summed E-state index contributed by atoms with van der Waals surface area (Å²) in [5.74, 6) is 0. The highest BCUT2D eigenvalue weighted by molar-refractivity contribution is 4.70. The molecule has 0 heterocycles. The van der Waals surface area contributed by atoms with Crippen molar-refractivity contribution >= 4 is 0 Å². The minimum Gasteiger partial charge on any atom is -0.330 e. The Balaban J connectivity index is 3.62. The van der Waals surface area contributed by atoms with Crippen LogP contribution in [0.4, 0.5) is 0 Å². The van der Waals surface area contributed by atoms with Crippen LogP contribution in [0, 0.1) is 5.41 Å². The highest BCUT2D eigenvalue weighted by atomic mass is 15.1. The van der Waals surface area contributed by atoms with Gasteiger partial charge in [0, 0.05) is 0 Å². The normalized spacial score (nSPS) is 12.4. The number of nitrogens with zero attached hydrogens (tertiary/aromatic N) is 1. The monoisotopic (exact) mass is 214 g/mol. The van der Waals surface area contributed by atoms with Gasteiger partial charge in [0.15, 0.2) is 0 Å². The van der Waals surface area contributed by atoms with E-state index < -0.39 is 0 Å². The second-order valence-electron chi connectivity index (χ2n) is 5.26. The zero-order chi connectivity index (χ0) is 11.7. The van der Waals surface area contributed by atoms with E-state index in [2.05, 4.69) is 32.6 Å². The Labute approximate surface area is 96.2 Å². The van der Waals surface area contributed by atoms with Gasteiger partial charge >= 0.3 is 0 Å². The lowest BCUT2D eigenvalue weighted by Gasteiger charge is -2.25. The van der Waals surface area contributed by atoms with E-state index >= 15 is 0 Å². The molecule has 0 aromatic carbocycles. The third kappa shape index (κ3) is 7.80. The van der Waals surface area contributed by atoms with Crippen LogP contribution < -0.4 is 5.73 Å². The highest BCUT2D eigenvalue weighted by Gasteiger charge is 2.15. The van der Waals surface area contributed by atoms with Crippen LogP contribution in [-0.2, 0) is 0 Å². The first-order valence-electron chi connectivity index (χ1n) is 6.48. The summed E-state index contributed by atoms with van der Waals surface area (Å²) in [5.41, 5.74) is 6.05. The Kier molecular flexibility index (Phi) is 8.07. The number of rotatable bonds is 9. The molecule has 0 bridgehead atoms. The maximum Gasteiger partial charge on any atom is -0.00186 e. The SMILES string of the molecule is CCCCN(CC)CCCC(C)(C)CN. The smallest absolute Gasteiger partial charge is 0.00186 e. The van der Waals surface area contributed by atoms with E-state index in [9.17, 15) is 0 Å². The van der Waals surface area contributed by atoms with E-state index in [0.717, 1.165) is 6.54 Å². The van der Waals surface area contributed by atoms with E-state index in [1.54, 1.807) is 0 Å². The lowest BCUT2D eigenvalue weighted by atomic mass is 9.88. The molecule has 92 valence electrons. The molecule has 0 radical (unpaired) electrons. The van der Waals surface area contributed by atoms with Crippen LogP contribution in [0.5, 0.6) is 0 Å². The predicted octanol–water partition coefficient (Wildman–Crippen LogP) is 2.87. The molecule has 0 spiro atoms. The van der Waals surface area contributed by atoms with Gasteiger partial charge in [-0.15, -0.1) is 0 Å². The van der Waals surface area contributed by atoms with Crippen molar-refractivity contribution in [2.45, 2.75) is 53.4 Å². The lowest BCUT2D eigenvalue weighted by molar-refractivity contribution is 0.249. The zero-order valence-corrected chi connectivity index (χ0v) is 11.2. The lowest BCUT2D eigenvalue weighted by Crippen LogP contribution is -2.28. The van der Waals surface area contributed by atoms with Gasteiger partial charge in [-0.05, 0) is 50.9 Å². The van der Waals surface area contributed by atoms with Crippen molar-refractivity contribution in [3.63, 3.8) is 0 Å². The molecular weight excluding hydrogens is 184 g/mol. The summed E-state index contributed by atoms with van der Waals surface area (Å²) >= 11 is 0. The standard InChI is InChI=1S/C13H30N2/c1-5-7-10-15(6-2)11-8-9-13(3,4)12-14/h5-12,14H2,1-4H3. The molecule has 2 N–H and O–H groups in total. The number of unbranched alkanes of at least 4 members (excludes halogenated alkanes) is 1. The van der Waals surface area contributed by atoms with Crippen molar-refractivity contribution in [1.29, 1.82) is 0 Å². The molecule has 0 aromatic heterocycles. The Morgan fingerprint density at radius 1 is 1.07 bits per heavy atom. The van der Waals surface area contributed by atoms with E-state index in [1.165, 1.54) is 45.3 Å². The molecule has 2 heteroatoms. The maximum atomic E-state index is 5.72. The first-order chi connectivity index (χ1) is 7.05. The number of hydrogen-bond donors (Lipinski definition) is 1. The average Bonchev–Trinajstić information content (AvgIpc) is 2.23. The molecule has 0 amide bonds. The molecule has 15 heavy (non-hydrogen) atoms. The van der Waals surface area contributed by atoms with Gasteiger partial charge in [0.2, 0.25) is 0 Å². The van der Waals surface area contributed by atoms with Crippen molar-refractivity contribution in [1.82, 2.24) is 4.90 Å². The van der Waals surface area contributed by atoms with Crippen LogP contribution in [0.15, 0.2) is 0 Å². The van der Waals surface area contributed by atoms with Gasteiger partial charge in [-0.3, -0.25) is 0 Å². The van der Waals surface area contributed by atoms with Gasteiger partial charge in [-0.2, -0.15) is 0 Å². The molecule has 0 aliphatic carbocycles. The fourth-order valence-electron chi connectivity index (χ4n) is 1.69. The van der Waals surface area contributed by atoms with E-state index in [-0.39, 0.29) is 0 Å². The minimum absolute atomic E-state index is 0.324. The molecule has 2 nitrogen and oxygen atoms in total. The molecule has 0 saturated heterocycles. The second kappa shape index (κ2) is 8.12. The summed E-state index contributed by atoms with van der Waals surface area (Å²) in [6, 6.07) is 0. The highest BCUT2D eigenvalue weighted by Crippen LogP contribution is 2.20. The summed E-state index contributed by atoms with van der Waals surface area (Å²) in [6.07, 6.45) is 5.15. The maximum absolute atomic E-state index is 5.72. The molecule has 0 aliphatic heterocycles. The molecule has 0 aliphatic rings. The Bertz CT molecular complexity index is 143. The van der Waals surface area contributed by atoms with Crippen molar-refractivity contribution < 1.29 is 0 Å². The Morgan fingerprint density at radius 2 is 1.67 bits per heavy atom. The zero-order valence-electron chi connectivity index (χ0n) is 11.2. The van der Waals surface area contributed by atoms with Crippen LogP contribution in [0.25, 0.3) is 0 Å². The molecule has 0 rings (SSSR count). The summed E-state index contributed by atoms with van der Waals surface area (Å²) < 4.78 is 0. The van der Waals surface area contributed by atoms with Crippen molar-refractivity contribution in [3.8, 4) is 0 Å². The topological polar surface area (TPSA) is 29.3 Å². The summed E-state index contributed by atoms with van der Waals surface area (Å²) in [6.45, 7) is 13.5. The fraction of sp³-hybridized carbons (Fsp3) is 1.00. The predicted molar refractivity (Wildman–Crippen MR) is 69.1 cm³/mol. The quantitative estimate of drug-likeness (QED) is 0.639. The fourth-order valence-corrected chi connectivity index (χ4v) is 1.69. The first-order valence-corrected chi connectivity index (χ1v) is 6.48. The first kappa shape index (κ1) is 14.9.